The number of aromatic nitrogens is 2. The fourth-order valence-electron chi connectivity index (χ4n) is 2.98. The first-order chi connectivity index (χ1) is 11.7. The third kappa shape index (κ3) is 2.17. The van der Waals surface area contributed by atoms with E-state index in [-0.39, 0.29) is 30.3 Å². The van der Waals surface area contributed by atoms with Crippen LogP contribution >= 0.6 is 0 Å². The fourth-order valence-corrected chi connectivity index (χ4v) is 2.98. The Morgan fingerprint density at radius 3 is 2.92 bits per heavy atom. The highest BCUT2D eigenvalue weighted by atomic mass is 16.5. The average Bonchev–Trinajstić information content (AvgIpc) is 3.10. The molecule has 1 atom stereocenters. The zero-order chi connectivity index (χ0) is 16.7. The number of aromatic hydroxyl groups is 1. The summed E-state index contributed by atoms with van der Waals surface area (Å²) in [6.45, 7) is 0.181. The molecule has 3 N–H and O–H groups in total. The van der Waals surface area contributed by atoms with Crippen LogP contribution in [0.15, 0.2) is 47.3 Å². The molecule has 0 bridgehead atoms. The third-order valence-corrected chi connectivity index (χ3v) is 4.06. The van der Waals surface area contributed by atoms with Gasteiger partial charge in [-0.15, -0.1) is 0 Å². The molecule has 0 spiro atoms. The molecule has 4 rings (SSSR count). The molecular weight excluding hydrogens is 310 g/mol. The van der Waals surface area contributed by atoms with Gasteiger partial charge in [-0.25, -0.2) is 4.98 Å². The number of aliphatic hydroxyl groups is 1. The second kappa shape index (κ2) is 5.54. The van der Waals surface area contributed by atoms with Gasteiger partial charge in [-0.3, -0.25) is 5.41 Å². The highest BCUT2D eigenvalue weighted by Gasteiger charge is 2.33. The zero-order valence-corrected chi connectivity index (χ0v) is 12.6. The number of rotatable bonds is 3. The molecule has 0 saturated heterocycles. The van der Waals surface area contributed by atoms with E-state index >= 15 is 0 Å². The topological polar surface area (TPSA) is 105 Å². The summed E-state index contributed by atoms with van der Waals surface area (Å²) in [6.07, 6.45) is 3.04. The second-order valence-electron chi connectivity index (χ2n) is 5.50. The predicted molar refractivity (Wildman–Crippen MR) is 83.0 cm³/mol. The van der Waals surface area contributed by atoms with Crippen LogP contribution in [0.1, 0.15) is 22.8 Å². The first-order valence-electron chi connectivity index (χ1n) is 7.48. The number of phenols is 1. The molecule has 3 aromatic rings. The van der Waals surface area contributed by atoms with Crippen molar-refractivity contribution in [3.63, 3.8) is 0 Å². The van der Waals surface area contributed by atoms with E-state index in [0.29, 0.717) is 23.0 Å². The maximum atomic E-state index is 9.73. The van der Waals surface area contributed by atoms with Gasteiger partial charge in [0.05, 0.1) is 24.4 Å². The van der Waals surface area contributed by atoms with Crippen LogP contribution in [0, 0.1) is 5.41 Å². The Morgan fingerprint density at radius 2 is 2.17 bits per heavy atom. The molecule has 1 aromatic carbocycles. The van der Waals surface area contributed by atoms with Crippen LogP contribution in [-0.2, 0) is 6.54 Å². The average molecular weight is 325 g/mol. The van der Waals surface area contributed by atoms with E-state index in [2.05, 4.69) is 4.98 Å². The summed E-state index contributed by atoms with van der Waals surface area (Å²) in [4.78, 5) is 4.27. The quantitative estimate of drug-likeness (QED) is 0.534. The lowest BCUT2D eigenvalue weighted by molar-refractivity contribution is 0.271. The van der Waals surface area contributed by atoms with E-state index in [4.69, 9.17) is 14.6 Å². The number of aliphatic hydroxyl groups excluding tert-OH is 1. The number of nitrogens with one attached hydrogen (secondary N) is 1. The van der Waals surface area contributed by atoms with Gasteiger partial charge in [0.1, 0.15) is 29.1 Å². The summed E-state index contributed by atoms with van der Waals surface area (Å²) < 4.78 is 12.9. The van der Waals surface area contributed by atoms with Gasteiger partial charge in [-0.05, 0) is 18.2 Å². The fraction of sp³-hybridized carbons (Fsp3) is 0.176. The van der Waals surface area contributed by atoms with Crippen molar-refractivity contribution in [3.8, 4) is 17.4 Å². The molecule has 3 heterocycles. The Morgan fingerprint density at radius 1 is 1.29 bits per heavy atom. The molecule has 0 radical (unpaired) electrons. The Bertz CT molecular complexity index is 947. The van der Waals surface area contributed by atoms with E-state index in [1.165, 1.54) is 12.4 Å². The van der Waals surface area contributed by atoms with Gasteiger partial charge in [-0.2, -0.15) is 0 Å². The van der Waals surface area contributed by atoms with E-state index in [1.807, 2.05) is 6.07 Å². The van der Waals surface area contributed by atoms with Crippen molar-refractivity contribution in [2.24, 2.45) is 0 Å². The van der Waals surface area contributed by atoms with Gasteiger partial charge in [0.2, 0.25) is 5.88 Å². The molecule has 7 heteroatoms. The molecule has 7 nitrogen and oxygen atoms in total. The Kier molecular flexibility index (Phi) is 3.35. The van der Waals surface area contributed by atoms with E-state index in [9.17, 15) is 10.2 Å². The highest BCUT2D eigenvalue weighted by molar-refractivity contribution is 5.55. The Hall–Kier alpha value is -3.06. The van der Waals surface area contributed by atoms with Crippen LogP contribution in [0.3, 0.4) is 0 Å². The summed E-state index contributed by atoms with van der Waals surface area (Å²) >= 11 is 0. The lowest BCUT2D eigenvalue weighted by atomic mass is 9.87. The molecule has 1 aliphatic rings. The minimum Gasteiger partial charge on any atom is -0.508 e. The molecule has 1 unspecified atom stereocenters. The summed E-state index contributed by atoms with van der Waals surface area (Å²) in [5.74, 6) is 1.16. The van der Waals surface area contributed by atoms with Crippen LogP contribution in [0.25, 0.3) is 0 Å². The lowest BCUT2D eigenvalue weighted by Gasteiger charge is -2.27. The van der Waals surface area contributed by atoms with Crippen molar-refractivity contribution in [3.05, 3.63) is 65.3 Å². The van der Waals surface area contributed by atoms with Crippen LogP contribution in [0.4, 0.5) is 0 Å². The first kappa shape index (κ1) is 14.5. The molecule has 0 fully saturated rings. The summed E-state index contributed by atoms with van der Waals surface area (Å²) in [5.41, 5.74) is 1.56. The maximum Gasteiger partial charge on any atom is 0.228 e. The van der Waals surface area contributed by atoms with Gasteiger partial charge >= 0.3 is 0 Å². The van der Waals surface area contributed by atoms with Crippen molar-refractivity contribution in [2.75, 3.05) is 6.61 Å². The summed E-state index contributed by atoms with van der Waals surface area (Å²) in [5, 5.41) is 27.4. The Balaban J connectivity index is 1.98. The standard InChI is InChI=1S/C17H15N3O4/c18-16-15-14(12-2-1-7-23-12)11-4-3-10(22)8-13(11)24-17(15)19-9-20(16)5-6-21/h1-4,7-9,14,18,21-22H,5-6H2. The monoisotopic (exact) mass is 325 g/mol. The lowest BCUT2D eigenvalue weighted by Crippen LogP contribution is -2.30. The van der Waals surface area contributed by atoms with Gasteiger partial charge in [-0.1, -0.05) is 6.07 Å². The molecule has 24 heavy (non-hydrogen) atoms. The molecular formula is C17H15N3O4. The van der Waals surface area contributed by atoms with E-state index < -0.39 is 0 Å². The number of benzene rings is 1. The maximum absolute atomic E-state index is 9.73. The number of furan rings is 1. The van der Waals surface area contributed by atoms with Crippen LogP contribution in [0.5, 0.6) is 17.4 Å². The van der Waals surface area contributed by atoms with Gasteiger partial charge in [0.15, 0.2) is 0 Å². The zero-order valence-electron chi connectivity index (χ0n) is 12.6. The Labute approximate surface area is 136 Å². The van der Waals surface area contributed by atoms with Crippen LogP contribution < -0.4 is 10.2 Å². The molecule has 1 aliphatic heterocycles. The number of hydrogen-bond donors (Lipinski definition) is 3. The summed E-state index contributed by atoms with van der Waals surface area (Å²) in [7, 11) is 0. The third-order valence-electron chi connectivity index (χ3n) is 4.06. The van der Waals surface area contributed by atoms with E-state index in [0.717, 1.165) is 5.56 Å². The minimum atomic E-state index is -0.370. The summed E-state index contributed by atoms with van der Waals surface area (Å²) in [6, 6.07) is 8.47. The SMILES string of the molecule is N=c1c2c(ncn1CCO)Oc1cc(O)ccc1C2c1ccco1. The first-order valence-corrected chi connectivity index (χ1v) is 7.48. The predicted octanol–water partition coefficient (Wildman–Crippen LogP) is 1.94. The highest BCUT2D eigenvalue weighted by Crippen LogP contribution is 2.45. The minimum absolute atomic E-state index is 0.0895. The molecule has 122 valence electrons. The molecule has 0 aliphatic carbocycles. The van der Waals surface area contributed by atoms with Crippen molar-refractivity contribution in [1.82, 2.24) is 9.55 Å². The molecule has 0 amide bonds. The van der Waals surface area contributed by atoms with Crippen LogP contribution in [-0.4, -0.2) is 26.4 Å². The largest absolute Gasteiger partial charge is 0.508 e. The van der Waals surface area contributed by atoms with Gasteiger partial charge in [0, 0.05) is 18.2 Å². The number of nitrogens with zero attached hydrogens (tertiary/aromatic N) is 2. The number of hydrogen-bond acceptors (Lipinski definition) is 6. The van der Waals surface area contributed by atoms with Gasteiger partial charge < -0.3 is 23.9 Å². The van der Waals surface area contributed by atoms with Crippen molar-refractivity contribution >= 4 is 0 Å². The number of fused-ring (bicyclic) bond motifs is 2. The number of ether oxygens (including phenoxy) is 1. The molecule has 2 aromatic heterocycles. The van der Waals surface area contributed by atoms with E-state index in [1.54, 1.807) is 29.0 Å². The second-order valence-corrected chi connectivity index (χ2v) is 5.50. The normalized spacial score (nSPS) is 15.5. The molecule has 0 saturated carbocycles. The van der Waals surface area contributed by atoms with Gasteiger partial charge in [0.25, 0.3) is 0 Å². The van der Waals surface area contributed by atoms with Crippen LogP contribution in [0.2, 0.25) is 0 Å². The van der Waals surface area contributed by atoms with Crippen molar-refractivity contribution < 1.29 is 19.4 Å². The van der Waals surface area contributed by atoms with Crippen molar-refractivity contribution in [2.45, 2.75) is 12.5 Å². The number of phenolic OH excluding ortho intramolecular Hbond substituents is 1. The van der Waals surface area contributed by atoms with Crippen molar-refractivity contribution in [1.29, 1.82) is 5.41 Å². The smallest absolute Gasteiger partial charge is 0.228 e.